The number of aromatic nitrogens is 1. The minimum absolute atomic E-state index is 0. The first-order chi connectivity index (χ1) is 10.6. The molecule has 1 N–H and O–H groups in total. The highest BCUT2D eigenvalue weighted by Crippen LogP contribution is 2.28. The van der Waals surface area contributed by atoms with Crippen LogP contribution in [0.4, 0.5) is 0 Å². The number of hydrogen-bond acceptors (Lipinski definition) is 4. The molecule has 0 spiro atoms. The van der Waals surface area contributed by atoms with Crippen LogP contribution in [0.5, 0.6) is 5.75 Å². The van der Waals surface area contributed by atoms with Gasteiger partial charge in [0.05, 0.1) is 18.9 Å². The highest BCUT2D eigenvalue weighted by Gasteiger charge is 2.18. The first-order valence-electron chi connectivity index (χ1n) is 7.14. The predicted octanol–water partition coefficient (Wildman–Crippen LogP) is 0.790. The summed E-state index contributed by atoms with van der Waals surface area (Å²) in [5.74, 6) is 0.164. The normalized spacial score (nSPS) is 11.3. The number of thioether (sulfide) groups is 1. The van der Waals surface area contributed by atoms with Gasteiger partial charge in [0, 0.05) is 6.08 Å². The van der Waals surface area contributed by atoms with Crippen LogP contribution in [0.2, 0.25) is 0 Å². The van der Waals surface area contributed by atoms with Crippen molar-refractivity contribution >= 4 is 45.4 Å². The summed E-state index contributed by atoms with van der Waals surface area (Å²) < 4.78 is 8.74. The lowest BCUT2D eigenvalue weighted by Crippen LogP contribution is -3.00. The molecule has 2 aromatic rings. The fraction of sp³-hybridized carbons (Fsp3) is 0.375. The van der Waals surface area contributed by atoms with Crippen LogP contribution >= 0.6 is 23.1 Å². The summed E-state index contributed by atoms with van der Waals surface area (Å²) in [5.41, 5.74) is 1.15. The molecular formula is C16H20BrNO3S2. The average molecular weight is 418 g/mol. The Bertz CT molecular complexity index is 713. The van der Waals surface area contributed by atoms with E-state index in [1.807, 2.05) is 19.1 Å². The molecule has 0 bridgehead atoms. The number of ether oxygens (including phenoxy) is 1. The van der Waals surface area contributed by atoms with Crippen LogP contribution < -0.4 is 26.3 Å². The number of aryl methyl sites for hydroxylation is 1. The number of benzene rings is 1. The predicted molar refractivity (Wildman–Crippen MR) is 92.6 cm³/mol. The molecule has 4 nitrogen and oxygen atoms in total. The summed E-state index contributed by atoms with van der Waals surface area (Å²) in [4.78, 5) is 11.8. The lowest BCUT2D eigenvalue weighted by molar-refractivity contribution is -0.665. The number of rotatable bonds is 7. The zero-order chi connectivity index (χ0) is 16.1. The van der Waals surface area contributed by atoms with E-state index < -0.39 is 5.97 Å². The van der Waals surface area contributed by atoms with E-state index in [0.717, 1.165) is 34.1 Å². The minimum atomic E-state index is -0.784. The lowest BCUT2D eigenvalue weighted by Gasteiger charge is -2.00. The third-order valence-corrected chi connectivity index (χ3v) is 5.55. The molecule has 1 aromatic heterocycles. The third kappa shape index (κ3) is 4.96. The minimum Gasteiger partial charge on any atom is -1.00 e. The molecule has 23 heavy (non-hydrogen) atoms. The van der Waals surface area contributed by atoms with E-state index in [4.69, 9.17) is 9.84 Å². The zero-order valence-electron chi connectivity index (χ0n) is 13.3. The molecule has 0 unspecified atom stereocenters. The fourth-order valence-corrected chi connectivity index (χ4v) is 4.14. The smallest absolute Gasteiger partial charge is 0.313 e. The fourth-order valence-electron chi connectivity index (χ4n) is 2.18. The number of aliphatic carboxylic acids is 1. The Labute approximate surface area is 154 Å². The third-order valence-electron chi connectivity index (χ3n) is 3.27. The molecule has 2 rings (SSSR count). The second-order valence-corrected chi connectivity index (χ2v) is 6.83. The molecule has 1 aromatic carbocycles. The summed E-state index contributed by atoms with van der Waals surface area (Å²) >= 11 is 3.11. The Morgan fingerprint density at radius 2 is 2.17 bits per heavy atom. The van der Waals surface area contributed by atoms with Crippen molar-refractivity contribution in [2.75, 3.05) is 12.9 Å². The summed E-state index contributed by atoms with van der Waals surface area (Å²) in [7, 11) is 1.67. The van der Waals surface area contributed by atoms with Crippen molar-refractivity contribution < 1.29 is 36.2 Å². The van der Waals surface area contributed by atoms with Crippen LogP contribution in [0, 0.1) is 0 Å². The standard InChI is InChI=1S/C16H19NO3S2.BrH/c1-4-12(21-10-16(18)19)9-15-17(5-2)13-8-11(20-3)6-7-14(13)22-15;/h6-9H,4-5,10H2,1-3H3;1H. The van der Waals surface area contributed by atoms with E-state index in [1.165, 1.54) is 16.5 Å². The van der Waals surface area contributed by atoms with Crippen LogP contribution in [0.15, 0.2) is 23.1 Å². The SMILES string of the molecule is CCC(=Cc1sc2ccc(OC)cc2[n+]1CC)SCC(=O)O.[Br-]. The van der Waals surface area contributed by atoms with Crippen LogP contribution in [0.3, 0.4) is 0 Å². The number of carboxylic acid groups (broad SMARTS) is 1. The Morgan fingerprint density at radius 3 is 2.74 bits per heavy atom. The van der Waals surface area contributed by atoms with Crippen LogP contribution in [-0.4, -0.2) is 23.9 Å². The van der Waals surface area contributed by atoms with Gasteiger partial charge in [0.15, 0.2) is 0 Å². The number of carbonyl (C=O) groups is 1. The summed E-state index contributed by atoms with van der Waals surface area (Å²) in [6, 6.07) is 6.08. The zero-order valence-corrected chi connectivity index (χ0v) is 16.6. The number of nitrogens with zero attached hydrogens (tertiary/aromatic N) is 1. The molecule has 126 valence electrons. The Balaban J connectivity index is 0.00000264. The Kier molecular flexibility index (Phi) is 8.08. The van der Waals surface area contributed by atoms with Crippen LogP contribution in [0.1, 0.15) is 25.3 Å². The van der Waals surface area contributed by atoms with Gasteiger partial charge in [-0.25, -0.2) is 0 Å². The van der Waals surface area contributed by atoms with Gasteiger partial charge in [-0.2, -0.15) is 4.57 Å². The number of methoxy groups -OCH3 is 1. The quantitative estimate of drug-likeness (QED) is 0.676. The van der Waals surface area contributed by atoms with Gasteiger partial charge in [-0.3, -0.25) is 4.79 Å². The van der Waals surface area contributed by atoms with Crippen LogP contribution in [-0.2, 0) is 11.3 Å². The van der Waals surface area contributed by atoms with Crippen molar-refractivity contribution in [1.82, 2.24) is 0 Å². The number of halogens is 1. The molecule has 0 aliphatic rings. The summed E-state index contributed by atoms with van der Waals surface area (Å²) in [5, 5.41) is 9.97. The van der Waals surface area contributed by atoms with Crippen molar-refractivity contribution in [2.45, 2.75) is 26.8 Å². The highest BCUT2D eigenvalue weighted by atomic mass is 79.9. The maximum Gasteiger partial charge on any atom is 0.313 e. The Morgan fingerprint density at radius 1 is 1.43 bits per heavy atom. The lowest BCUT2D eigenvalue weighted by atomic mass is 10.3. The van der Waals surface area contributed by atoms with Gasteiger partial charge >= 0.3 is 5.97 Å². The summed E-state index contributed by atoms with van der Waals surface area (Å²) in [6.07, 6.45) is 2.94. The van der Waals surface area contributed by atoms with Gasteiger partial charge in [0.25, 0.3) is 5.01 Å². The largest absolute Gasteiger partial charge is 1.00 e. The van der Waals surface area contributed by atoms with Crippen molar-refractivity contribution in [3.8, 4) is 5.75 Å². The van der Waals surface area contributed by atoms with Gasteiger partial charge in [-0.1, -0.05) is 18.3 Å². The van der Waals surface area contributed by atoms with Gasteiger partial charge < -0.3 is 26.8 Å². The molecular weight excluding hydrogens is 398 g/mol. The number of thiazole rings is 1. The van der Waals surface area contributed by atoms with Gasteiger partial charge in [-0.05, 0) is 30.4 Å². The topological polar surface area (TPSA) is 50.4 Å². The molecule has 0 aliphatic carbocycles. The number of fused-ring (bicyclic) bond motifs is 1. The molecule has 0 saturated carbocycles. The molecule has 0 fully saturated rings. The second kappa shape index (κ2) is 9.30. The van der Waals surface area contributed by atoms with Crippen LogP contribution in [0.25, 0.3) is 16.3 Å². The highest BCUT2D eigenvalue weighted by molar-refractivity contribution is 8.03. The number of carboxylic acids is 1. The summed E-state index contributed by atoms with van der Waals surface area (Å²) in [6.45, 7) is 5.02. The van der Waals surface area contributed by atoms with Gasteiger partial charge in [0.1, 0.15) is 17.0 Å². The molecule has 0 saturated heterocycles. The maximum atomic E-state index is 10.7. The first kappa shape index (κ1) is 20.0. The molecule has 1 heterocycles. The van der Waals surface area contributed by atoms with Gasteiger partial charge in [0.2, 0.25) is 5.52 Å². The van der Waals surface area contributed by atoms with Gasteiger partial charge in [-0.15, -0.1) is 11.8 Å². The molecule has 0 atom stereocenters. The molecule has 7 heteroatoms. The van der Waals surface area contributed by atoms with Crippen molar-refractivity contribution in [1.29, 1.82) is 0 Å². The van der Waals surface area contributed by atoms with E-state index >= 15 is 0 Å². The monoisotopic (exact) mass is 417 g/mol. The van der Waals surface area contributed by atoms with E-state index in [0.29, 0.717) is 0 Å². The average Bonchev–Trinajstić information content (AvgIpc) is 2.86. The maximum absolute atomic E-state index is 10.7. The number of allylic oxidation sites excluding steroid dienone is 1. The number of hydrogen-bond donors (Lipinski definition) is 1. The van der Waals surface area contributed by atoms with Crippen molar-refractivity contribution in [3.63, 3.8) is 0 Å². The van der Waals surface area contributed by atoms with E-state index in [9.17, 15) is 4.79 Å². The second-order valence-electron chi connectivity index (χ2n) is 4.66. The first-order valence-corrected chi connectivity index (χ1v) is 8.94. The Hall–Kier alpha value is -1.05. The van der Waals surface area contributed by atoms with Crippen molar-refractivity contribution in [3.05, 3.63) is 28.1 Å². The van der Waals surface area contributed by atoms with Crippen molar-refractivity contribution in [2.24, 2.45) is 0 Å². The van der Waals surface area contributed by atoms with E-state index in [1.54, 1.807) is 18.4 Å². The molecule has 0 amide bonds. The van der Waals surface area contributed by atoms with E-state index in [2.05, 4.69) is 23.6 Å². The van der Waals surface area contributed by atoms with E-state index in [-0.39, 0.29) is 22.7 Å². The molecule has 0 radical (unpaired) electrons. The molecule has 0 aliphatic heterocycles.